The van der Waals surface area contributed by atoms with E-state index in [1.807, 2.05) is 18.2 Å². The van der Waals surface area contributed by atoms with Gasteiger partial charge in [0.2, 0.25) is 0 Å². The maximum absolute atomic E-state index is 12.2. The van der Waals surface area contributed by atoms with Crippen LogP contribution >= 0.6 is 0 Å². The molecule has 0 radical (unpaired) electrons. The summed E-state index contributed by atoms with van der Waals surface area (Å²) in [6, 6.07) is 5.77. The number of hydrogen-bond acceptors (Lipinski definition) is 6. The van der Waals surface area contributed by atoms with Crippen molar-refractivity contribution in [3.05, 3.63) is 35.3 Å². The van der Waals surface area contributed by atoms with Crippen LogP contribution < -0.4 is 9.47 Å². The quantitative estimate of drug-likeness (QED) is 0.704. The van der Waals surface area contributed by atoms with Gasteiger partial charge in [0.15, 0.2) is 28.6 Å². The number of carbonyl (C=O) groups is 1. The Hall–Kier alpha value is -2.96. The number of methoxy groups -OCH3 is 2. The number of carbonyl (C=O) groups excluding carboxylic acids is 1. The minimum Gasteiger partial charge on any atom is -0.493 e. The largest absolute Gasteiger partial charge is 0.493 e. The molecule has 27 heavy (non-hydrogen) atoms. The van der Waals surface area contributed by atoms with Crippen LogP contribution in [0.3, 0.4) is 0 Å². The van der Waals surface area contributed by atoms with Gasteiger partial charge in [0, 0.05) is 6.42 Å². The van der Waals surface area contributed by atoms with Gasteiger partial charge < -0.3 is 9.47 Å². The predicted molar refractivity (Wildman–Crippen MR) is 101 cm³/mol. The zero-order chi connectivity index (χ0) is 19.1. The summed E-state index contributed by atoms with van der Waals surface area (Å²) in [5, 5.41) is 13.5. The van der Waals surface area contributed by atoms with Gasteiger partial charge in [-0.15, -0.1) is 10.2 Å². The van der Waals surface area contributed by atoms with Crippen LogP contribution in [0.25, 0.3) is 16.8 Å². The van der Waals surface area contributed by atoms with E-state index in [0.717, 1.165) is 35.4 Å². The third kappa shape index (κ3) is 2.74. The van der Waals surface area contributed by atoms with Crippen molar-refractivity contribution < 1.29 is 14.3 Å². The Bertz CT molecular complexity index is 1040. The van der Waals surface area contributed by atoms with Crippen LogP contribution in [-0.2, 0) is 6.42 Å². The minimum absolute atomic E-state index is 0.0416. The summed E-state index contributed by atoms with van der Waals surface area (Å²) in [7, 11) is 3.23. The summed E-state index contributed by atoms with van der Waals surface area (Å²) in [4.78, 5) is 12.2. The smallest absolute Gasteiger partial charge is 0.185 e. The van der Waals surface area contributed by atoms with Gasteiger partial charge in [-0.2, -0.15) is 5.10 Å². The van der Waals surface area contributed by atoms with Crippen molar-refractivity contribution in [2.24, 2.45) is 0 Å². The van der Waals surface area contributed by atoms with E-state index in [9.17, 15) is 4.79 Å². The zero-order valence-corrected chi connectivity index (χ0v) is 15.9. The average molecular weight is 366 g/mol. The molecule has 0 spiro atoms. The lowest BCUT2D eigenvalue weighted by Gasteiger charge is -2.13. The number of nitrogens with zero attached hydrogens (tertiary/aromatic N) is 4. The molecule has 0 fully saturated rings. The molecule has 7 heteroatoms. The van der Waals surface area contributed by atoms with E-state index in [1.54, 1.807) is 18.7 Å². The number of fused-ring (bicyclic) bond motifs is 3. The van der Waals surface area contributed by atoms with Crippen molar-refractivity contribution >= 4 is 11.4 Å². The Balaban J connectivity index is 2.00. The first-order valence-corrected chi connectivity index (χ1v) is 9.09. The number of hydrogen-bond donors (Lipinski definition) is 0. The molecule has 0 N–H and O–H groups in total. The summed E-state index contributed by atoms with van der Waals surface area (Å²) >= 11 is 0. The molecule has 1 aliphatic rings. The Kier molecular flexibility index (Phi) is 4.30. The second-order valence-electron chi connectivity index (χ2n) is 6.99. The highest BCUT2D eigenvalue weighted by atomic mass is 16.5. The van der Waals surface area contributed by atoms with Gasteiger partial charge in [-0.1, -0.05) is 19.9 Å². The Labute approximate surface area is 157 Å². The fourth-order valence-corrected chi connectivity index (χ4v) is 3.61. The number of aromatic nitrogens is 4. The van der Waals surface area contributed by atoms with Crippen molar-refractivity contribution in [3.63, 3.8) is 0 Å². The lowest BCUT2D eigenvalue weighted by atomic mass is 9.98. The summed E-state index contributed by atoms with van der Waals surface area (Å²) in [5.74, 6) is 1.53. The van der Waals surface area contributed by atoms with E-state index in [-0.39, 0.29) is 11.7 Å². The van der Waals surface area contributed by atoms with Crippen molar-refractivity contribution in [2.45, 2.75) is 39.0 Å². The Morgan fingerprint density at radius 2 is 1.85 bits per heavy atom. The van der Waals surface area contributed by atoms with Crippen LogP contribution in [0.5, 0.6) is 11.5 Å². The monoisotopic (exact) mass is 366 g/mol. The van der Waals surface area contributed by atoms with Gasteiger partial charge in [0.1, 0.15) is 0 Å². The fraction of sp³-hybridized carbons (Fsp3) is 0.400. The van der Waals surface area contributed by atoms with Gasteiger partial charge in [-0.05, 0) is 36.5 Å². The highest BCUT2D eigenvalue weighted by Crippen LogP contribution is 2.38. The molecule has 0 amide bonds. The van der Waals surface area contributed by atoms with Gasteiger partial charge >= 0.3 is 0 Å². The van der Waals surface area contributed by atoms with Crippen LogP contribution in [0.15, 0.2) is 18.2 Å². The minimum atomic E-state index is 0.0416. The molecule has 3 aromatic rings. The zero-order valence-electron chi connectivity index (χ0n) is 15.9. The molecule has 140 valence electrons. The van der Waals surface area contributed by atoms with E-state index in [1.165, 1.54) is 0 Å². The average Bonchev–Trinajstić information content (AvgIpc) is 3.08. The highest BCUT2D eigenvalue weighted by Gasteiger charge is 2.27. The number of rotatable bonds is 4. The van der Waals surface area contributed by atoms with Crippen LogP contribution in [-0.4, -0.2) is 39.8 Å². The molecule has 1 aliphatic carbocycles. The maximum Gasteiger partial charge on any atom is 0.185 e. The van der Waals surface area contributed by atoms with Crippen LogP contribution in [0, 0.1) is 0 Å². The van der Waals surface area contributed by atoms with Gasteiger partial charge in [0.05, 0.1) is 31.2 Å². The molecular weight excluding hydrogens is 344 g/mol. The van der Waals surface area contributed by atoms with Crippen LogP contribution in [0.1, 0.15) is 54.5 Å². The van der Waals surface area contributed by atoms with Crippen molar-refractivity contribution in [1.29, 1.82) is 0 Å². The summed E-state index contributed by atoms with van der Waals surface area (Å²) in [5.41, 5.74) is 4.74. The van der Waals surface area contributed by atoms with Gasteiger partial charge in [-0.3, -0.25) is 4.79 Å². The van der Waals surface area contributed by atoms with E-state index in [0.29, 0.717) is 29.3 Å². The molecule has 0 saturated carbocycles. The van der Waals surface area contributed by atoms with E-state index >= 15 is 0 Å². The topological polar surface area (TPSA) is 78.6 Å². The number of benzene rings is 1. The second-order valence-corrected chi connectivity index (χ2v) is 6.99. The SMILES string of the molecule is COc1ccc(-c2c(C(C)C)nn3c4c(nnc23)C(=O)CCC4)cc1OC. The summed E-state index contributed by atoms with van der Waals surface area (Å²) in [6.45, 7) is 4.19. The second kappa shape index (κ2) is 6.64. The third-order valence-electron chi connectivity index (χ3n) is 4.96. The van der Waals surface area contributed by atoms with E-state index in [2.05, 4.69) is 24.0 Å². The molecule has 0 atom stereocenters. The molecular formula is C20H22N4O3. The summed E-state index contributed by atoms with van der Waals surface area (Å²) in [6.07, 6.45) is 2.11. The maximum atomic E-state index is 12.2. The molecule has 1 aromatic carbocycles. The number of Topliss-reactive ketones (excluding diaryl/α,β-unsaturated/α-hetero) is 1. The van der Waals surface area contributed by atoms with Crippen molar-refractivity contribution in [1.82, 2.24) is 19.8 Å². The predicted octanol–water partition coefficient (Wildman–Crippen LogP) is 3.45. The van der Waals surface area contributed by atoms with Crippen LogP contribution in [0.2, 0.25) is 0 Å². The lowest BCUT2D eigenvalue weighted by Crippen LogP contribution is -2.18. The molecule has 0 saturated heterocycles. The van der Waals surface area contributed by atoms with Crippen molar-refractivity contribution in [3.8, 4) is 22.6 Å². The number of ether oxygens (including phenoxy) is 2. The molecule has 4 rings (SSSR count). The number of aryl methyl sites for hydroxylation is 1. The first-order chi connectivity index (χ1) is 13.0. The number of ketones is 1. The molecule has 0 unspecified atom stereocenters. The van der Waals surface area contributed by atoms with Gasteiger partial charge in [0.25, 0.3) is 0 Å². The normalized spacial score (nSPS) is 13.9. The fourth-order valence-electron chi connectivity index (χ4n) is 3.61. The standard InChI is InChI=1S/C20H22N4O3/c1-11(2)18-17(12-8-9-15(26-3)16(10-12)27-4)20-22-21-19-13(24(20)23-18)6-5-7-14(19)25/h8-11H,5-7H2,1-4H3. The van der Waals surface area contributed by atoms with E-state index in [4.69, 9.17) is 14.6 Å². The first kappa shape index (κ1) is 17.5. The molecule has 0 aliphatic heterocycles. The summed E-state index contributed by atoms with van der Waals surface area (Å²) < 4.78 is 12.6. The molecule has 2 aromatic heterocycles. The van der Waals surface area contributed by atoms with Crippen LogP contribution in [0.4, 0.5) is 0 Å². The van der Waals surface area contributed by atoms with Crippen molar-refractivity contribution in [2.75, 3.05) is 14.2 Å². The first-order valence-electron chi connectivity index (χ1n) is 9.09. The van der Waals surface area contributed by atoms with Gasteiger partial charge in [-0.25, -0.2) is 4.52 Å². The lowest BCUT2D eigenvalue weighted by molar-refractivity contribution is 0.0964. The Morgan fingerprint density at radius 1 is 1.07 bits per heavy atom. The molecule has 0 bridgehead atoms. The molecule has 7 nitrogen and oxygen atoms in total. The Morgan fingerprint density at radius 3 is 2.56 bits per heavy atom. The van der Waals surface area contributed by atoms with E-state index < -0.39 is 0 Å². The third-order valence-corrected chi connectivity index (χ3v) is 4.96. The molecule has 2 heterocycles. The highest BCUT2D eigenvalue weighted by molar-refractivity contribution is 5.96.